The fourth-order valence-electron chi connectivity index (χ4n) is 2.19. The van der Waals surface area contributed by atoms with Gasteiger partial charge in [0.1, 0.15) is 5.75 Å². The molecular formula is C12H16N2O5S. The molecule has 8 heteroatoms. The van der Waals surface area contributed by atoms with Gasteiger partial charge in [0.2, 0.25) is 10.0 Å². The van der Waals surface area contributed by atoms with Crippen LogP contribution in [0.1, 0.15) is 0 Å². The number of carboxylic acids is 1. The molecule has 0 spiro atoms. The van der Waals surface area contributed by atoms with Crippen LogP contribution in [0.3, 0.4) is 0 Å². The molecule has 1 aliphatic heterocycles. The lowest BCUT2D eigenvalue weighted by Gasteiger charge is -2.35. The standard InChI is InChI=1S/C12H16N2O5S/c15-11-4-2-1-3-10(11)13-5-7-14(8-6-13)20(18,19)9-12(16)17/h1-4,15H,5-9H2,(H,16,17). The second-order valence-corrected chi connectivity index (χ2v) is 6.49. The summed E-state index contributed by atoms with van der Waals surface area (Å²) in [4.78, 5) is 12.4. The summed E-state index contributed by atoms with van der Waals surface area (Å²) in [6.07, 6.45) is 0. The van der Waals surface area contributed by atoms with Crippen LogP contribution in [0.5, 0.6) is 5.75 Å². The number of rotatable bonds is 4. The molecule has 110 valence electrons. The molecule has 0 bridgehead atoms. The molecule has 1 heterocycles. The number of aromatic hydroxyl groups is 1. The van der Waals surface area contributed by atoms with Crippen LogP contribution in [-0.2, 0) is 14.8 Å². The molecule has 0 aliphatic carbocycles. The topological polar surface area (TPSA) is 98.1 Å². The van der Waals surface area contributed by atoms with E-state index in [2.05, 4.69) is 0 Å². The van der Waals surface area contributed by atoms with Gasteiger partial charge in [0, 0.05) is 26.2 Å². The van der Waals surface area contributed by atoms with Crippen molar-refractivity contribution in [3.05, 3.63) is 24.3 Å². The summed E-state index contributed by atoms with van der Waals surface area (Å²) in [5.41, 5.74) is 0.655. The van der Waals surface area contributed by atoms with E-state index < -0.39 is 21.7 Å². The Bertz CT molecular complexity index is 594. The number of piperazine rings is 1. The number of hydrogen-bond donors (Lipinski definition) is 2. The summed E-state index contributed by atoms with van der Waals surface area (Å²) in [7, 11) is -3.75. The Balaban J connectivity index is 2.03. The molecule has 0 saturated carbocycles. The molecule has 1 aromatic carbocycles. The predicted molar refractivity (Wildman–Crippen MR) is 73.3 cm³/mol. The molecule has 1 fully saturated rings. The summed E-state index contributed by atoms with van der Waals surface area (Å²) in [6, 6.07) is 6.84. The van der Waals surface area contributed by atoms with Gasteiger partial charge in [-0.25, -0.2) is 8.42 Å². The molecule has 1 aromatic rings. The molecule has 7 nitrogen and oxygen atoms in total. The molecule has 0 aromatic heterocycles. The van der Waals surface area contributed by atoms with Gasteiger partial charge in [0.05, 0.1) is 5.69 Å². The number of para-hydroxylation sites is 2. The van der Waals surface area contributed by atoms with Gasteiger partial charge in [-0.15, -0.1) is 0 Å². The molecule has 0 unspecified atom stereocenters. The summed E-state index contributed by atoms with van der Waals surface area (Å²) in [6.45, 7) is 1.25. The first-order valence-electron chi connectivity index (χ1n) is 6.13. The van der Waals surface area contributed by atoms with Gasteiger partial charge in [0.15, 0.2) is 5.75 Å². The van der Waals surface area contributed by atoms with Crippen LogP contribution in [0.2, 0.25) is 0 Å². The van der Waals surface area contributed by atoms with Crippen LogP contribution in [0, 0.1) is 0 Å². The van der Waals surface area contributed by atoms with E-state index in [0.717, 1.165) is 0 Å². The Morgan fingerprint density at radius 3 is 2.30 bits per heavy atom. The average Bonchev–Trinajstić information content (AvgIpc) is 2.38. The molecule has 0 atom stereocenters. The minimum absolute atomic E-state index is 0.148. The Kier molecular flexibility index (Phi) is 4.15. The Morgan fingerprint density at radius 1 is 1.15 bits per heavy atom. The van der Waals surface area contributed by atoms with Crippen molar-refractivity contribution in [3.8, 4) is 5.75 Å². The first kappa shape index (κ1) is 14.6. The van der Waals surface area contributed by atoms with E-state index >= 15 is 0 Å². The third-order valence-electron chi connectivity index (χ3n) is 3.16. The number of hydrogen-bond acceptors (Lipinski definition) is 5. The summed E-state index contributed by atoms with van der Waals surface area (Å²) >= 11 is 0. The normalized spacial score (nSPS) is 17.1. The van der Waals surface area contributed by atoms with Gasteiger partial charge in [-0.2, -0.15) is 4.31 Å². The molecule has 1 saturated heterocycles. The smallest absolute Gasteiger partial charge is 0.320 e. The third kappa shape index (κ3) is 3.20. The van der Waals surface area contributed by atoms with Crippen molar-refractivity contribution < 1.29 is 23.4 Å². The lowest BCUT2D eigenvalue weighted by Crippen LogP contribution is -2.50. The largest absolute Gasteiger partial charge is 0.506 e. The number of phenols is 1. The fraction of sp³-hybridized carbons (Fsp3) is 0.417. The second-order valence-electron chi connectivity index (χ2n) is 4.52. The quantitative estimate of drug-likeness (QED) is 0.807. The van der Waals surface area contributed by atoms with Crippen LogP contribution in [0.4, 0.5) is 5.69 Å². The van der Waals surface area contributed by atoms with E-state index in [4.69, 9.17) is 5.11 Å². The minimum atomic E-state index is -3.75. The molecular weight excluding hydrogens is 284 g/mol. The van der Waals surface area contributed by atoms with E-state index in [1.807, 2.05) is 4.90 Å². The predicted octanol–water partition coefficient (Wildman–Crippen LogP) is -0.0714. The van der Waals surface area contributed by atoms with Crippen molar-refractivity contribution >= 4 is 21.7 Å². The maximum Gasteiger partial charge on any atom is 0.320 e. The van der Waals surface area contributed by atoms with E-state index in [9.17, 15) is 18.3 Å². The minimum Gasteiger partial charge on any atom is -0.506 e. The van der Waals surface area contributed by atoms with E-state index in [-0.39, 0.29) is 18.8 Å². The number of phenolic OH excluding ortho intramolecular Hbond substituents is 1. The first-order chi connectivity index (χ1) is 9.40. The summed E-state index contributed by atoms with van der Waals surface area (Å²) in [5.74, 6) is -2.09. The van der Waals surface area contributed by atoms with Crippen LogP contribution in [-0.4, -0.2) is 60.8 Å². The van der Waals surface area contributed by atoms with Crippen molar-refractivity contribution in [2.45, 2.75) is 0 Å². The zero-order valence-corrected chi connectivity index (χ0v) is 11.6. The number of aliphatic carboxylic acids is 1. The third-order valence-corrected chi connectivity index (χ3v) is 4.92. The number of carboxylic acid groups (broad SMARTS) is 1. The fourth-order valence-corrected chi connectivity index (χ4v) is 3.40. The van der Waals surface area contributed by atoms with Gasteiger partial charge in [0.25, 0.3) is 0 Å². The first-order valence-corrected chi connectivity index (χ1v) is 7.73. The molecule has 1 aliphatic rings. The number of sulfonamides is 1. The lowest BCUT2D eigenvalue weighted by atomic mass is 10.2. The van der Waals surface area contributed by atoms with Gasteiger partial charge in [-0.1, -0.05) is 12.1 Å². The van der Waals surface area contributed by atoms with Gasteiger partial charge in [-0.3, -0.25) is 4.79 Å². The van der Waals surface area contributed by atoms with Crippen molar-refractivity contribution in [1.82, 2.24) is 4.31 Å². The zero-order chi connectivity index (χ0) is 14.8. The van der Waals surface area contributed by atoms with Crippen molar-refractivity contribution in [2.24, 2.45) is 0 Å². The highest BCUT2D eigenvalue weighted by atomic mass is 32.2. The molecule has 2 N–H and O–H groups in total. The van der Waals surface area contributed by atoms with Crippen molar-refractivity contribution in [3.63, 3.8) is 0 Å². The maximum atomic E-state index is 11.8. The van der Waals surface area contributed by atoms with Crippen LogP contribution < -0.4 is 4.90 Å². The molecule has 20 heavy (non-hydrogen) atoms. The van der Waals surface area contributed by atoms with Crippen molar-refractivity contribution in [2.75, 3.05) is 36.8 Å². The molecule has 0 radical (unpaired) electrons. The SMILES string of the molecule is O=C(O)CS(=O)(=O)N1CCN(c2ccccc2O)CC1. The highest BCUT2D eigenvalue weighted by molar-refractivity contribution is 7.89. The monoisotopic (exact) mass is 300 g/mol. The average molecular weight is 300 g/mol. The summed E-state index contributed by atoms with van der Waals surface area (Å²) in [5, 5.41) is 18.4. The highest BCUT2D eigenvalue weighted by Gasteiger charge is 2.29. The Labute approximate surface area is 117 Å². The number of carbonyl (C=O) groups is 1. The molecule has 2 rings (SSSR count). The second kappa shape index (κ2) is 5.68. The van der Waals surface area contributed by atoms with E-state index in [0.29, 0.717) is 18.8 Å². The maximum absolute atomic E-state index is 11.8. The van der Waals surface area contributed by atoms with E-state index in [1.165, 1.54) is 4.31 Å². The van der Waals surface area contributed by atoms with Crippen LogP contribution >= 0.6 is 0 Å². The lowest BCUT2D eigenvalue weighted by molar-refractivity contribution is -0.134. The Morgan fingerprint density at radius 2 is 1.75 bits per heavy atom. The van der Waals surface area contributed by atoms with E-state index in [1.54, 1.807) is 24.3 Å². The molecule has 0 amide bonds. The van der Waals surface area contributed by atoms with Gasteiger partial charge < -0.3 is 15.1 Å². The zero-order valence-electron chi connectivity index (χ0n) is 10.8. The van der Waals surface area contributed by atoms with Gasteiger partial charge >= 0.3 is 5.97 Å². The van der Waals surface area contributed by atoms with Crippen molar-refractivity contribution in [1.29, 1.82) is 0 Å². The summed E-state index contributed by atoms with van der Waals surface area (Å²) < 4.78 is 24.7. The number of benzene rings is 1. The Hall–Kier alpha value is -1.80. The highest BCUT2D eigenvalue weighted by Crippen LogP contribution is 2.27. The number of nitrogens with zero attached hydrogens (tertiary/aromatic N) is 2. The van der Waals surface area contributed by atoms with Gasteiger partial charge in [-0.05, 0) is 12.1 Å². The van der Waals surface area contributed by atoms with Crippen LogP contribution in [0.15, 0.2) is 24.3 Å². The van der Waals surface area contributed by atoms with Crippen LogP contribution in [0.25, 0.3) is 0 Å². The number of anilines is 1.